The van der Waals surface area contributed by atoms with Gasteiger partial charge in [-0.05, 0) is 29.8 Å². The number of benzene rings is 2. The third-order valence-corrected chi connectivity index (χ3v) is 4.59. The number of hydrogen-bond donors (Lipinski definition) is 1. The van der Waals surface area contributed by atoms with Crippen molar-refractivity contribution in [3.05, 3.63) is 65.2 Å². The van der Waals surface area contributed by atoms with Crippen molar-refractivity contribution in [1.82, 2.24) is 4.90 Å². The summed E-state index contributed by atoms with van der Waals surface area (Å²) in [6.07, 6.45) is -0.564. The van der Waals surface area contributed by atoms with E-state index in [-0.39, 0.29) is 0 Å². The van der Waals surface area contributed by atoms with E-state index in [4.69, 9.17) is 5.26 Å². The molecule has 0 spiro atoms. The topological polar surface area (TPSA) is 74.3 Å². The summed E-state index contributed by atoms with van der Waals surface area (Å²) in [5.74, 6) is 0. The van der Waals surface area contributed by atoms with Crippen molar-refractivity contribution in [1.29, 1.82) is 10.5 Å². The molecule has 1 unspecified atom stereocenters. The van der Waals surface area contributed by atoms with Gasteiger partial charge in [0.15, 0.2) is 0 Å². The van der Waals surface area contributed by atoms with Gasteiger partial charge in [-0.25, -0.2) is 0 Å². The molecule has 1 fully saturated rings. The Kier molecular flexibility index (Phi) is 5.30. The van der Waals surface area contributed by atoms with Crippen LogP contribution in [0.2, 0.25) is 0 Å². The molecule has 25 heavy (non-hydrogen) atoms. The number of β-amino-alcohol motifs (C(OH)–C–C–N with tert-alkyl or cyclic N) is 1. The first-order valence-electron chi connectivity index (χ1n) is 8.36. The number of rotatable bonds is 4. The summed E-state index contributed by atoms with van der Waals surface area (Å²) < 4.78 is 0. The Labute approximate surface area is 148 Å². The maximum atomic E-state index is 10.4. The Balaban J connectivity index is 1.57. The second-order valence-electron chi connectivity index (χ2n) is 6.17. The maximum Gasteiger partial charge on any atom is 0.101 e. The zero-order chi connectivity index (χ0) is 17.6. The Morgan fingerprint density at radius 3 is 2.24 bits per heavy atom. The number of anilines is 1. The molecular weight excluding hydrogens is 312 g/mol. The molecule has 1 aliphatic heterocycles. The zero-order valence-corrected chi connectivity index (χ0v) is 14.0. The van der Waals surface area contributed by atoms with E-state index >= 15 is 0 Å². The molecule has 0 amide bonds. The second kappa shape index (κ2) is 7.81. The SMILES string of the molecule is N#Cc1ccc(C(O)CN2CCN(c3ccccc3C#N)CC2)cc1. The van der Waals surface area contributed by atoms with Crippen molar-refractivity contribution in [2.24, 2.45) is 0 Å². The standard InChI is InChI=1S/C20H20N4O/c21-13-16-5-7-17(8-6-16)20(25)15-23-9-11-24(12-10-23)19-4-2-1-3-18(19)14-22/h1-8,20,25H,9-12,15H2. The van der Waals surface area contributed by atoms with Crippen molar-refractivity contribution >= 4 is 5.69 Å². The van der Waals surface area contributed by atoms with E-state index < -0.39 is 6.10 Å². The van der Waals surface area contributed by atoms with Gasteiger partial charge in [0, 0.05) is 32.7 Å². The predicted molar refractivity (Wildman–Crippen MR) is 95.9 cm³/mol. The van der Waals surface area contributed by atoms with Crippen LogP contribution in [0.1, 0.15) is 22.8 Å². The number of para-hydroxylation sites is 1. The van der Waals surface area contributed by atoms with Gasteiger partial charge in [0.05, 0.1) is 29.0 Å². The molecule has 2 aromatic rings. The van der Waals surface area contributed by atoms with Gasteiger partial charge in [0.25, 0.3) is 0 Å². The first-order chi connectivity index (χ1) is 12.2. The molecular formula is C20H20N4O. The molecule has 1 saturated heterocycles. The quantitative estimate of drug-likeness (QED) is 0.930. The molecule has 0 aromatic heterocycles. The number of nitrogens with zero attached hydrogens (tertiary/aromatic N) is 4. The highest BCUT2D eigenvalue weighted by Crippen LogP contribution is 2.22. The monoisotopic (exact) mass is 332 g/mol. The Hall–Kier alpha value is -2.86. The predicted octanol–water partition coefficient (Wildman–Crippen LogP) is 2.29. The summed E-state index contributed by atoms with van der Waals surface area (Å²) >= 11 is 0. The Bertz CT molecular complexity index is 796. The first kappa shape index (κ1) is 17.0. The van der Waals surface area contributed by atoms with Gasteiger partial charge in [0.1, 0.15) is 6.07 Å². The van der Waals surface area contributed by atoms with Crippen molar-refractivity contribution in [2.75, 3.05) is 37.6 Å². The smallest absolute Gasteiger partial charge is 0.101 e. The van der Waals surface area contributed by atoms with Crippen molar-refractivity contribution in [3.8, 4) is 12.1 Å². The van der Waals surface area contributed by atoms with Crippen LogP contribution in [-0.2, 0) is 0 Å². The van der Waals surface area contributed by atoms with Gasteiger partial charge in [-0.1, -0.05) is 24.3 Å². The highest BCUT2D eigenvalue weighted by Gasteiger charge is 2.21. The summed E-state index contributed by atoms with van der Waals surface area (Å²) in [5, 5.41) is 28.5. The number of hydrogen-bond acceptors (Lipinski definition) is 5. The molecule has 1 atom stereocenters. The number of nitriles is 2. The van der Waals surface area contributed by atoms with Crippen LogP contribution in [-0.4, -0.2) is 42.7 Å². The first-order valence-corrected chi connectivity index (χ1v) is 8.36. The normalized spacial score (nSPS) is 16.0. The van der Waals surface area contributed by atoms with E-state index in [1.165, 1.54) is 0 Å². The third kappa shape index (κ3) is 3.97. The number of aliphatic hydroxyl groups excluding tert-OH is 1. The van der Waals surface area contributed by atoms with Crippen LogP contribution in [0.5, 0.6) is 0 Å². The van der Waals surface area contributed by atoms with E-state index in [9.17, 15) is 10.4 Å². The lowest BCUT2D eigenvalue weighted by Crippen LogP contribution is -2.47. The second-order valence-corrected chi connectivity index (χ2v) is 6.17. The van der Waals surface area contributed by atoms with Gasteiger partial charge in [-0.2, -0.15) is 10.5 Å². The van der Waals surface area contributed by atoms with E-state index in [2.05, 4.69) is 21.9 Å². The summed E-state index contributed by atoms with van der Waals surface area (Å²) in [7, 11) is 0. The van der Waals surface area contributed by atoms with Crippen molar-refractivity contribution < 1.29 is 5.11 Å². The molecule has 1 heterocycles. The van der Waals surface area contributed by atoms with Crippen LogP contribution in [0, 0.1) is 22.7 Å². The molecule has 1 N–H and O–H groups in total. The fourth-order valence-corrected chi connectivity index (χ4v) is 3.15. The van der Waals surface area contributed by atoms with Crippen LogP contribution in [0.3, 0.4) is 0 Å². The van der Waals surface area contributed by atoms with Gasteiger partial charge < -0.3 is 10.0 Å². The highest BCUT2D eigenvalue weighted by molar-refractivity contribution is 5.59. The number of aliphatic hydroxyl groups is 1. The van der Waals surface area contributed by atoms with Gasteiger partial charge in [-0.15, -0.1) is 0 Å². The maximum absolute atomic E-state index is 10.4. The molecule has 126 valence electrons. The van der Waals surface area contributed by atoms with Crippen LogP contribution in [0.25, 0.3) is 0 Å². The molecule has 0 aliphatic carbocycles. The molecule has 5 nitrogen and oxygen atoms in total. The largest absolute Gasteiger partial charge is 0.387 e. The molecule has 0 bridgehead atoms. The highest BCUT2D eigenvalue weighted by atomic mass is 16.3. The lowest BCUT2D eigenvalue weighted by atomic mass is 10.1. The van der Waals surface area contributed by atoms with E-state index in [0.717, 1.165) is 37.4 Å². The number of piperazine rings is 1. The van der Waals surface area contributed by atoms with E-state index in [0.29, 0.717) is 17.7 Å². The minimum Gasteiger partial charge on any atom is -0.387 e. The summed E-state index contributed by atoms with van der Waals surface area (Å²) in [6.45, 7) is 3.91. The van der Waals surface area contributed by atoms with Gasteiger partial charge in [0.2, 0.25) is 0 Å². The lowest BCUT2D eigenvalue weighted by Gasteiger charge is -2.37. The minimum atomic E-state index is -0.564. The fraction of sp³-hybridized carbons (Fsp3) is 0.300. The van der Waals surface area contributed by atoms with E-state index in [1.807, 2.05) is 36.4 Å². The average Bonchev–Trinajstić information content (AvgIpc) is 2.68. The Morgan fingerprint density at radius 1 is 0.920 bits per heavy atom. The minimum absolute atomic E-state index is 0.564. The molecule has 5 heteroatoms. The Morgan fingerprint density at radius 2 is 1.60 bits per heavy atom. The molecule has 1 aliphatic rings. The van der Waals surface area contributed by atoms with Gasteiger partial charge in [-0.3, -0.25) is 4.90 Å². The molecule has 0 saturated carbocycles. The van der Waals surface area contributed by atoms with Gasteiger partial charge >= 0.3 is 0 Å². The van der Waals surface area contributed by atoms with Crippen molar-refractivity contribution in [3.63, 3.8) is 0 Å². The molecule has 3 rings (SSSR count). The fourth-order valence-electron chi connectivity index (χ4n) is 3.15. The lowest BCUT2D eigenvalue weighted by molar-refractivity contribution is 0.109. The van der Waals surface area contributed by atoms with Crippen LogP contribution < -0.4 is 4.90 Å². The van der Waals surface area contributed by atoms with E-state index in [1.54, 1.807) is 12.1 Å². The van der Waals surface area contributed by atoms with Crippen molar-refractivity contribution in [2.45, 2.75) is 6.10 Å². The van der Waals surface area contributed by atoms with Crippen LogP contribution in [0.15, 0.2) is 48.5 Å². The third-order valence-electron chi connectivity index (χ3n) is 4.59. The summed E-state index contributed by atoms with van der Waals surface area (Å²) in [4.78, 5) is 4.46. The zero-order valence-electron chi connectivity index (χ0n) is 14.0. The van der Waals surface area contributed by atoms with Crippen LogP contribution >= 0.6 is 0 Å². The molecule has 0 radical (unpaired) electrons. The summed E-state index contributed by atoms with van der Waals surface area (Å²) in [5.41, 5.74) is 3.11. The molecule has 2 aromatic carbocycles. The average molecular weight is 332 g/mol. The summed E-state index contributed by atoms with van der Waals surface area (Å²) in [6, 6.07) is 19.1. The van der Waals surface area contributed by atoms with Crippen LogP contribution in [0.4, 0.5) is 5.69 Å².